The van der Waals surface area contributed by atoms with E-state index in [2.05, 4.69) is 16.7 Å². The topological polar surface area (TPSA) is 135 Å². The number of hydrogen-bond donors (Lipinski definition) is 1. The van der Waals surface area contributed by atoms with E-state index in [1.807, 2.05) is 0 Å². The standard InChI is InChI=1S/C22H21N5O5S2/c1-12(33-21-22(30)32-25-27(21)14-4-6-15(31-3)7-5-14)19(29)24-20-17(10-23)16-8-9-26(13(2)28)11-18(16)34-20/h4-7,12H,8-9,11H2,1-3H3,(H-,24,25,29,30). The zero-order valence-electron chi connectivity index (χ0n) is 18.7. The third-order valence-electron chi connectivity index (χ3n) is 5.40. The second kappa shape index (κ2) is 9.74. The van der Waals surface area contributed by atoms with Gasteiger partial charge in [-0.15, -0.1) is 11.3 Å². The fourth-order valence-electron chi connectivity index (χ4n) is 3.54. The first-order valence-electron chi connectivity index (χ1n) is 10.3. The van der Waals surface area contributed by atoms with E-state index in [1.165, 1.54) is 22.9 Å². The monoisotopic (exact) mass is 499 g/mol. The minimum atomic E-state index is -0.684. The van der Waals surface area contributed by atoms with Gasteiger partial charge in [0, 0.05) is 30.5 Å². The number of nitrogens with zero attached hydrogens (tertiary/aromatic N) is 4. The van der Waals surface area contributed by atoms with E-state index in [4.69, 9.17) is 9.26 Å². The Bertz CT molecular complexity index is 1280. The van der Waals surface area contributed by atoms with E-state index in [-0.39, 0.29) is 16.8 Å². The fraction of sp³-hybridized carbons (Fsp3) is 0.318. The molecule has 0 bridgehead atoms. The Morgan fingerprint density at radius 1 is 1.41 bits per heavy atom. The number of thioether (sulfide) groups is 1. The van der Waals surface area contributed by atoms with Crippen LogP contribution in [0.4, 0.5) is 5.00 Å². The smallest absolute Gasteiger partial charge is 0.298 e. The third-order valence-corrected chi connectivity index (χ3v) is 7.66. The predicted molar refractivity (Wildman–Crippen MR) is 122 cm³/mol. The highest BCUT2D eigenvalue weighted by Crippen LogP contribution is 2.37. The Morgan fingerprint density at radius 3 is 2.79 bits per heavy atom. The first-order valence-corrected chi connectivity index (χ1v) is 12.0. The molecular weight excluding hydrogens is 478 g/mol. The summed E-state index contributed by atoms with van der Waals surface area (Å²) in [6, 6.07) is 9.06. The van der Waals surface area contributed by atoms with Crippen LogP contribution in [0.25, 0.3) is 5.69 Å². The number of nitrogens with one attached hydrogen (secondary N) is 1. The van der Waals surface area contributed by atoms with Crippen molar-refractivity contribution in [3.05, 3.63) is 40.3 Å². The molecule has 0 radical (unpaired) electrons. The van der Waals surface area contributed by atoms with Crippen molar-refractivity contribution in [2.24, 2.45) is 0 Å². The van der Waals surface area contributed by atoms with E-state index in [0.717, 1.165) is 22.2 Å². The number of anilines is 1. The van der Waals surface area contributed by atoms with Gasteiger partial charge in [0.05, 0.1) is 29.7 Å². The normalized spacial score (nSPS) is 13.6. The molecule has 0 fully saturated rings. The minimum Gasteiger partial charge on any atom is -0.538 e. The highest BCUT2D eigenvalue weighted by molar-refractivity contribution is 8.00. The van der Waals surface area contributed by atoms with E-state index >= 15 is 0 Å². The zero-order valence-corrected chi connectivity index (χ0v) is 20.3. The quantitative estimate of drug-likeness (QED) is 0.402. The van der Waals surface area contributed by atoms with Gasteiger partial charge in [-0.25, -0.2) is 0 Å². The summed E-state index contributed by atoms with van der Waals surface area (Å²) < 4.78 is 11.3. The number of hydrogen-bond acceptors (Lipinski definition) is 9. The molecule has 12 heteroatoms. The lowest BCUT2D eigenvalue weighted by molar-refractivity contribution is -0.705. The average Bonchev–Trinajstić information content (AvgIpc) is 3.37. The Hall–Kier alpha value is -3.56. The number of nitriles is 1. The molecule has 0 saturated heterocycles. The number of rotatable bonds is 6. The van der Waals surface area contributed by atoms with Gasteiger partial charge in [0.1, 0.15) is 16.8 Å². The highest BCUT2D eigenvalue weighted by Gasteiger charge is 2.30. The van der Waals surface area contributed by atoms with Crippen LogP contribution < -0.4 is 19.8 Å². The van der Waals surface area contributed by atoms with Crippen molar-refractivity contribution in [2.75, 3.05) is 19.0 Å². The van der Waals surface area contributed by atoms with Gasteiger partial charge in [-0.2, -0.15) is 5.26 Å². The summed E-state index contributed by atoms with van der Waals surface area (Å²) in [7, 11) is 1.55. The zero-order chi connectivity index (χ0) is 24.4. The second-order valence-electron chi connectivity index (χ2n) is 7.53. The highest BCUT2D eigenvalue weighted by atomic mass is 32.2. The number of methoxy groups -OCH3 is 1. The maximum absolute atomic E-state index is 13.0. The number of thiophene rings is 1. The van der Waals surface area contributed by atoms with Gasteiger partial charge in [-0.1, -0.05) is 0 Å². The fourth-order valence-corrected chi connectivity index (χ4v) is 5.63. The van der Waals surface area contributed by atoms with Crippen LogP contribution in [0.1, 0.15) is 29.9 Å². The minimum absolute atomic E-state index is 0.0273. The Balaban J connectivity index is 1.51. The SMILES string of the molecule is COc1ccc(-[n+]2noc([O-])c2SC(C)C(=O)Nc2sc3c(c2C#N)CCN(C(C)=O)C3)cc1. The summed E-state index contributed by atoms with van der Waals surface area (Å²) in [5.74, 6) is -0.407. The Morgan fingerprint density at radius 2 is 2.15 bits per heavy atom. The number of aromatic nitrogens is 2. The summed E-state index contributed by atoms with van der Waals surface area (Å²) in [5, 5.41) is 28.5. The molecule has 1 aliphatic rings. The van der Waals surface area contributed by atoms with Gasteiger partial charge >= 0.3 is 0 Å². The molecule has 1 aromatic carbocycles. The van der Waals surface area contributed by atoms with Crippen molar-refractivity contribution in [1.29, 1.82) is 5.26 Å². The van der Waals surface area contributed by atoms with E-state index in [0.29, 0.717) is 41.5 Å². The Labute approximate surface area is 203 Å². The molecule has 1 unspecified atom stereocenters. The first-order chi connectivity index (χ1) is 16.3. The number of amides is 2. The average molecular weight is 500 g/mol. The van der Waals surface area contributed by atoms with E-state index in [9.17, 15) is 20.0 Å². The lowest BCUT2D eigenvalue weighted by atomic mass is 10.0. The summed E-state index contributed by atoms with van der Waals surface area (Å²) in [4.78, 5) is 27.3. The molecule has 0 spiro atoms. The van der Waals surface area contributed by atoms with Crippen LogP contribution in [-0.4, -0.2) is 40.9 Å². The summed E-state index contributed by atoms with van der Waals surface area (Å²) in [5.41, 5.74) is 1.88. The molecule has 3 aromatic rings. The number of benzene rings is 1. The van der Waals surface area contributed by atoms with Crippen LogP contribution >= 0.6 is 23.1 Å². The van der Waals surface area contributed by atoms with Gasteiger partial charge in [0.15, 0.2) is 5.95 Å². The molecule has 2 aromatic heterocycles. The van der Waals surface area contributed by atoms with Gasteiger partial charge in [0.2, 0.25) is 17.5 Å². The number of fused-ring (bicyclic) bond motifs is 1. The number of carbonyl (C=O) groups is 2. The first kappa shape index (κ1) is 23.6. The van der Waals surface area contributed by atoms with Gasteiger partial charge in [-0.05, 0) is 47.5 Å². The van der Waals surface area contributed by atoms with Crippen LogP contribution in [0.15, 0.2) is 33.8 Å². The molecule has 10 nitrogen and oxygen atoms in total. The number of ether oxygens (including phenoxy) is 1. The van der Waals surface area contributed by atoms with E-state index in [1.54, 1.807) is 43.2 Å². The lowest BCUT2D eigenvalue weighted by Gasteiger charge is -2.25. The maximum Gasteiger partial charge on any atom is 0.298 e. The summed E-state index contributed by atoms with van der Waals surface area (Å²) >= 11 is 2.31. The van der Waals surface area contributed by atoms with Crippen LogP contribution in [0.2, 0.25) is 0 Å². The van der Waals surface area contributed by atoms with Crippen molar-refractivity contribution >= 4 is 39.9 Å². The molecule has 1 atom stereocenters. The van der Waals surface area contributed by atoms with Gasteiger partial charge < -0.3 is 24.6 Å². The van der Waals surface area contributed by atoms with Crippen molar-refractivity contribution in [2.45, 2.75) is 37.1 Å². The van der Waals surface area contributed by atoms with Crippen LogP contribution in [0, 0.1) is 11.3 Å². The third kappa shape index (κ3) is 4.57. The maximum atomic E-state index is 13.0. The second-order valence-corrected chi connectivity index (χ2v) is 9.97. The molecule has 4 rings (SSSR count). The van der Waals surface area contributed by atoms with Crippen molar-refractivity contribution < 1.29 is 28.6 Å². The molecule has 1 aliphatic heterocycles. The molecule has 1 N–H and O–H groups in total. The van der Waals surface area contributed by atoms with Crippen LogP contribution in [-0.2, 0) is 22.6 Å². The molecule has 0 aliphatic carbocycles. The molecule has 34 heavy (non-hydrogen) atoms. The molecule has 2 amide bonds. The van der Waals surface area contributed by atoms with Crippen molar-refractivity contribution in [3.63, 3.8) is 0 Å². The largest absolute Gasteiger partial charge is 0.538 e. The van der Waals surface area contributed by atoms with Gasteiger partial charge in [0.25, 0.3) is 5.03 Å². The lowest BCUT2D eigenvalue weighted by Crippen LogP contribution is -2.36. The molecule has 176 valence electrons. The Kier molecular flexibility index (Phi) is 6.76. The van der Waals surface area contributed by atoms with Crippen molar-refractivity contribution in [3.8, 4) is 23.5 Å². The van der Waals surface area contributed by atoms with E-state index < -0.39 is 11.2 Å². The number of carbonyl (C=O) groups excluding carboxylic acids is 2. The van der Waals surface area contributed by atoms with Crippen LogP contribution in [0.3, 0.4) is 0 Å². The van der Waals surface area contributed by atoms with Crippen LogP contribution in [0.5, 0.6) is 11.7 Å². The van der Waals surface area contributed by atoms with Crippen molar-refractivity contribution in [1.82, 2.24) is 10.2 Å². The molecular formula is C22H21N5O5S2. The van der Waals surface area contributed by atoms with Gasteiger partial charge in [-0.3, -0.25) is 9.59 Å². The summed E-state index contributed by atoms with van der Waals surface area (Å²) in [6.07, 6.45) is 0.566. The summed E-state index contributed by atoms with van der Waals surface area (Å²) in [6.45, 7) is 4.13. The molecule has 3 heterocycles. The molecule has 0 saturated carbocycles. The predicted octanol–water partition coefficient (Wildman–Crippen LogP) is 1.99.